The predicted molar refractivity (Wildman–Crippen MR) is 74.7 cm³/mol. The van der Waals surface area contributed by atoms with E-state index in [0.717, 1.165) is 18.8 Å². The minimum absolute atomic E-state index is 0.239. The van der Waals surface area contributed by atoms with Crippen molar-refractivity contribution in [3.05, 3.63) is 0 Å². The van der Waals surface area contributed by atoms with E-state index in [1.54, 1.807) is 0 Å². The minimum Gasteiger partial charge on any atom is -0.465 e. The summed E-state index contributed by atoms with van der Waals surface area (Å²) in [6.45, 7) is 4.63. The van der Waals surface area contributed by atoms with Crippen LogP contribution in [0.4, 0.5) is 0 Å². The molecule has 2 N–H and O–H groups in total. The maximum atomic E-state index is 11.3. The Morgan fingerprint density at radius 2 is 2.00 bits per heavy atom. The molecule has 0 saturated heterocycles. The van der Waals surface area contributed by atoms with Gasteiger partial charge in [0, 0.05) is 5.75 Å². The molecule has 0 aliphatic rings. The first-order valence-corrected chi connectivity index (χ1v) is 7.74. The maximum absolute atomic E-state index is 11.3. The summed E-state index contributed by atoms with van der Waals surface area (Å²) in [6.07, 6.45) is 3.68. The van der Waals surface area contributed by atoms with Crippen LogP contribution in [0, 0.1) is 5.92 Å². The molecule has 0 rings (SSSR count). The van der Waals surface area contributed by atoms with Gasteiger partial charge in [-0.2, -0.15) is 0 Å². The Morgan fingerprint density at radius 3 is 2.61 bits per heavy atom. The van der Waals surface area contributed by atoms with Crippen molar-refractivity contribution in [3.8, 4) is 0 Å². The number of rotatable bonds is 11. The van der Waals surface area contributed by atoms with Gasteiger partial charge < -0.3 is 14.9 Å². The van der Waals surface area contributed by atoms with Crippen LogP contribution in [0.1, 0.15) is 39.5 Å². The lowest BCUT2D eigenvalue weighted by atomic mass is 10.1. The number of hydrogen-bond donors (Lipinski definition) is 2. The number of carbonyl (C=O) groups excluding carboxylic acids is 1. The molecular weight excluding hydrogens is 252 g/mol. The van der Waals surface area contributed by atoms with Crippen LogP contribution >= 0.6 is 11.8 Å². The summed E-state index contributed by atoms with van der Waals surface area (Å²) in [5.41, 5.74) is 0. The Morgan fingerprint density at radius 1 is 1.28 bits per heavy atom. The van der Waals surface area contributed by atoms with Gasteiger partial charge in [0.1, 0.15) is 0 Å². The molecule has 0 saturated carbocycles. The lowest BCUT2D eigenvalue weighted by Crippen LogP contribution is -2.17. The van der Waals surface area contributed by atoms with Crippen LogP contribution in [-0.2, 0) is 9.53 Å². The molecule has 5 heteroatoms. The largest absolute Gasteiger partial charge is 0.465 e. The lowest BCUT2D eigenvalue weighted by Gasteiger charge is -2.07. The SMILES string of the molecule is CC(C)CCCCCOC(=O)CSCC(O)CO. The molecule has 0 aromatic carbocycles. The van der Waals surface area contributed by atoms with Crippen molar-refractivity contribution in [3.63, 3.8) is 0 Å². The second kappa shape index (κ2) is 11.8. The zero-order valence-corrected chi connectivity index (χ0v) is 12.2. The first kappa shape index (κ1) is 17.7. The summed E-state index contributed by atoms with van der Waals surface area (Å²) in [5.74, 6) is 1.10. The summed E-state index contributed by atoms with van der Waals surface area (Å²) >= 11 is 1.28. The van der Waals surface area contributed by atoms with E-state index in [-0.39, 0.29) is 18.3 Å². The van der Waals surface area contributed by atoms with Crippen LogP contribution in [0.5, 0.6) is 0 Å². The molecule has 0 aromatic heterocycles. The normalized spacial score (nSPS) is 12.7. The van der Waals surface area contributed by atoms with Crippen LogP contribution in [-0.4, -0.2) is 47.0 Å². The fraction of sp³-hybridized carbons (Fsp3) is 0.923. The molecule has 0 amide bonds. The molecule has 0 aromatic rings. The highest BCUT2D eigenvalue weighted by Gasteiger charge is 2.06. The summed E-state index contributed by atoms with van der Waals surface area (Å²) in [5, 5.41) is 17.6. The van der Waals surface area contributed by atoms with Crippen molar-refractivity contribution in [1.29, 1.82) is 0 Å². The third kappa shape index (κ3) is 12.2. The third-order valence-electron chi connectivity index (χ3n) is 2.43. The summed E-state index contributed by atoms with van der Waals surface area (Å²) in [4.78, 5) is 11.3. The van der Waals surface area contributed by atoms with Gasteiger partial charge in [-0.25, -0.2) is 0 Å². The van der Waals surface area contributed by atoms with E-state index in [2.05, 4.69) is 13.8 Å². The molecule has 1 unspecified atom stereocenters. The molecule has 0 aliphatic carbocycles. The summed E-state index contributed by atoms with van der Waals surface area (Å²) < 4.78 is 5.06. The van der Waals surface area contributed by atoms with E-state index in [9.17, 15) is 4.79 Å². The van der Waals surface area contributed by atoms with Gasteiger partial charge in [-0.05, 0) is 12.3 Å². The zero-order chi connectivity index (χ0) is 13.8. The highest BCUT2D eigenvalue weighted by atomic mass is 32.2. The number of unbranched alkanes of at least 4 members (excludes halogenated alkanes) is 2. The number of carbonyl (C=O) groups is 1. The van der Waals surface area contributed by atoms with Gasteiger partial charge in [0.15, 0.2) is 0 Å². The predicted octanol–water partition coefficient (Wildman–Crippen LogP) is 1.83. The third-order valence-corrected chi connectivity index (χ3v) is 3.49. The van der Waals surface area contributed by atoms with E-state index in [4.69, 9.17) is 14.9 Å². The standard InChI is InChI=1S/C13H26O4S/c1-11(2)6-4-3-5-7-17-13(16)10-18-9-12(15)8-14/h11-12,14-15H,3-10H2,1-2H3. The van der Waals surface area contributed by atoms with Crippen LogP contribution < -0.4 is 0 Å². The van der Waals surface area contributed by atoms with E-state index in [1.807, 2.05) is 0 Å². The fourth-order valence-electron chi connectivity index (χ4n) is 1.39. The van der Waals surface area contributed by atoms with Crippen LogP contribution in [0.25, 0.3) is 0 Å². The van der Waals surface area contributed by atoms with Gasteiger partial charge in [0.25, 0.3) is 0 Å². The van der Waals surface area contributed by atoms with E-state index in [0.29, 0.717) is 12.4 Å². The van der Waals surface area contributed by atoms with Crippen molar-refractivity contribution in [1.82, 2.24) is 0 Å². The minimum atomic E-state index is -0.751. The Bertz CT molecular complexity index is 209. The average Bonchev–Trinajstić information content (AvgIpc) is 2.33. The molecule has 18 heavy (non-hydrogen) atoms. The van der Waals surface area contributed by atoms with Crippen LogP contribution in [0.3, 0.4) is 0 Å². The van der Waals surface area contributed by atoms with Crippen LogP contribution in [0.2, 0.25) is 0 Å². The van der Waals surface area contributed by atoms with Gasteiger partial charge in [0.2, 0.25) is 0 Å². The van der Waals surface area contributed by atoms with E-state index >= 15 is 0 Å². The highest BCUT2D eigenvalue weighted by Crippen LogP contribution is 2.08. The Hall–Kier alpha value is -0.260. The molecule has 0 fully saturated rings. The smallest absolute Gasteiger partial charge is 0.315 e. The van der Waals surface area contributed by atoms with Gasteiger partial charge in [-0.3, -0.25) is 4.79 Å². The van der Waals surface area contributed by atoms with Gasteiger partial charge in [0.05, 0.1) is 25.1 Å². The number of aliphatic hydroxyl groups excluding tert-OH is 2. The molecule has 108 valence electrons. The van der Waals surface area contributed by atoms with Crippen molar-refractivity contribution in [2.75, 3.05) is 24.7 Å². The first-order valence-electron chi connectivity index (χ1n) is 6.58. The molecule has 0 radical (unpaired) electrons. The number of hydrogen-bond acceptors (Lipinski definition) is 5. The maximum Gasteiger partial charge on any atom is 0.315 e. The molecule has 0 heterocycles. The Labute approximate surface area is 114 Å². The molecule has 4 nitrogen and oxygen atoms in total. The van der Waals surface area contributed by atoms with Crippen molar-refractivity contribution < 1.29 is 19.7 Å². The van der Waals surface area contributed by atoms with Gasteiger partial charge in [-0.15, -0.1) is 11.8 Å². The van der Waals surface area contributed by atoms with Gasteiger partial charge in [-0.1, -0.05) is 33.1 Å². The second-order valence-electron chi connectivity index (χ2n) is 4.82. The lowest BCUT2D eigenvalue weighted by molar-refractivity contribution is -0.140. The summed E-state index contributed by atoms with van der Waals surface area (Å²) in [6, 6.07) is 0. The highest BCUT2D eigenvalue weighted by molar-refractivity contribution is 7.99. The van der Waals surface area contributed by atoms with E-state index < -0.39 is 6.10 Å². The van der Waals surface area contributed by atoms with Crippen molar-refractivity contribution in [2.24, 2.45) is 5.92 Å². The average molecular weight is 278 g/mol. The van der Waals surface area contributed by atoms with E-state index in [1.165, 1.54) is 24.6 Å². The fourth-order valence-corrected chi connectivity index (χ4v) is 2.14. The topological polar surface area (TPSA) is 66.8 Å². The summed E-state index contributed by atoms with van der Waals surface area (Å²) in [7, 11) is 0. The first-order chi connectivity index (χ1) is 8.56. The Kier molecular flexibility index (Phi) is 11.6. The second-order valence-corrected chi connectivity index (χ2v) is 5.85. The molecular formula is C13H26O4S. The molecule has 0 spiro atoms. The number of esters is 1. The Balaban J connectivity index is 3.27. The molecule has 0 bridgehead atoms. The monoisotopic (exact) mass is 278 g/mol. The van der Waals surface area contributed by atoms with Crippen molar-refractivity contribution in [2.45, 2.75) is 45.6 Å². The number of thioether (sulfide) groups is 1. The molecule has 0 aliphatic heterocycles. The zero-order valence-electron chi connectivity index (χ0n) is 11.4. The van der Waals surface area contributed by atoms with Crippen molar-refractivity contribution >= 4 is 17.7 Å². The van der Waals surface area contributed by atoms with Gasteiger partial charge >= 0.3 is 5.97 Å². The van der Waals surface area contributed by atoms with Crippen LogP contribution in [0.15, 0.2) is 0 Å². The quantitative estimate of drug-likeness (QED) is 0.446. The molecule has 1 atom stereocenters. The number of ether oxygens (including phenoxy) is 1. The number of aliphatic hydroxyl groups is 2.